The van der Waals surface area contributed by atoms with Crippen molar-refractivity contribution in [2.24, 2.45) is 0 Å². The second-order valence-electron chi connectivity index (χ2n) is 2.89. The molecule has 0 aliphatic rings. The fourth-order valence-electron chi connectivity index (χ4n) is 1.06. The van der Waals surface area contributed by atoms with E-state index in [2.05, 4.69) is 57.5 Å². The molecule has 0 aromatic heterocycles. The quantitative estimate of drug-likeness (QED) is 0.276. The molecule has 0 spiro atoms. The van der Waals surface area contributed by atoms with Gasteiger partial charge in [0, 0.05) is 0 Å². The van der Waals surface area contributed by atoms with Gasteiger partial charge in [-0.15, -0.1) is 0 Å². The summed E-state index contributed by atoms with van der Waals surface area (Å²) >= 11 is 8.36. The van der Waals surface area contributed by atoms with Crippen molar-refractivity contribution in [3.8, 4) is 0 Å². The van der Waals surface area contributed by atoms with Gasteiger partial charge in [0.25, 0.3) is 4.38 Å². The van der Waals surface area contributed by atoms with Crippen molar-refractivity contribution in [3.05, 3.63) is 0 Å². The lowest BCUT2D eigenvalue weighted by Crippen LogP contribution is -2.29. The Hall–Kier alpha value is 0.370. The highest BCUT2D eigenvalue weighted by molar-refractivity contribution is 8.23. The molecule has 0 amide bonds. The van der Waals surface area contributed by atoms with Gasteiger partial charge in [-0.2, -0.15) is 0 Å². The fraction of sp³-hybridized carbons (Fsp3) is 0.857. The maximum Gasteiger partial charge on any atom is 0.264 e. The summed E-state index contributed by atoms with van der Waals surface area (Å²) in [6, 6.07) is 0.954. The minimum absolute atomic E-state index is 0.477. The second kappa shape index (κ2) is 4.29. The largest absolute Gasteiger partial charge is 0.264 e. The molecule has 0 radical (unpaired) electrons. The van der Waals surface area contributed by atoms with Crippen LogP contribution in [0.25, 0.3) is 0 Å². The predicted molar refractivity (Wildman–Crippen MR) is 53.5 cm³/mol. The molecule has 0 saturated heterocycles. The lowest BCUT2D eigenvalue weighted by Gasteiger charge is -2.11. The molecule has 1 nitrogen and oxygen atoms in total. The van der Waals surface area contributed by atoms with Crippen LogP contribution in [0.5, 0.6) is 0 Å². The van der Waals surface area contributed by atoms with E-state index in [0.29, 0.717) is 12.1 Å². The molecule has 3 heteroatoms. The van der Waals surface area contributed by atoms with Crippen molar-refractivity contribution in [2.45, 2.75) is 39.8 Å². The zero-order chi connectivity index (χ0) is 8.31. The Morgan fingerprint density at radius 2 is 1.30 bits per heavy atom. The Morgan fingerprint density at radius 3 is 1.30 bits per heavy atom. The first-order chi connectivity index (χ1) is 4.46. The Bertz CT molecular complexity index is 125. The molecule has 0 N–H and O–H groups in total. The van der Waals surface area contributed by atoms with Gasteiger partial charge in [0.1, 0.15) is 12.1 Å². The van der Waals surface area contributed by atoms with E-state index in [4.69, 9.17) is 0 Å². The number of rotatable bonds is 2. The summed E-state index contributed by atoms with van der Waals surface area (Å²) in [5.41, 5.74) is 0. The topological polar surface area (TPSA) is 3.01 Å². The number of hydrogen-bond donors (Lipinski definition) is 2. The maximum absolute atomic E-state index is 4.18. The normalized spacial score (nSPS) is 10.8. The summed E-state index contributed by atoms with van der Waals surface area (Å²) in [7, 11) is 0. The van der Waals surface area contributed by atoms with Gasteiger partial charge in [0.05, 0.1) is 0 Å². The van der Waals surface area contributed by atoms with Crippen LogP contribution in [-0.4, -0.2) is 21.0 Å². The minimum Gasteiger partial charge on any atom is -0.215 e. The molecule has 0 fully saturated rings. The van der Waals surface area contributed by atoms with E-state index >= 15 is 0 Å². The van der Waals surface area contributed by atoms with Crippen molar-refractivity contribution < 1.29 is 4.58 Å². The Kier molecular flexibility index (Phi) is 4.45. The monoisotopic (exact) mass is 178 g/mol. The highest BCUT2D eigenvalue weighted by atomic mass is 32.2. The first-order valence-electron chi connectivity index (χ1n) is 3.50. The average Bonchev–Trinajstić information content (AvgIpc) is 1.59. The number of thiol groups is 2. The van der Waals surface area contributed by atoms with Crippen LogP contribution in [0.2, 0.25) is 0 Å². The summed E-state index contributed by atoms with van der Waals surface area (Å²) in [6.07, 6.45) is 0. The smallest absolute Gasteiger partial charge is 0.215 e. The molecule has 0 heterocycles. The van der Waals surface area contributed by atoms with E-state index in [-0.39, 0.29) is 0 Å². The first-order valence-corrected chi connectivity index (χ1v) is 4.39. The van der Waals surface area contributed by atoms with Gasteiger partial charge in [-0.05, 0) is 27.7 Å². The number of nitrogens with zero attached hydrogens (tertiary/aromatic N) is 1. The summed E-state index contributed by atoms with van der Waals surface area (Å²) in [4.78, 5) is 0. The standard InChI is InChI=1S/C7H15NS2/c1-5(2)8(6(3)4)7(9)10/h5-6H,1-4H3,(H,9,10)/p+1. The van der Waals surface area contributed by atoms with Crippen molar-refractivity contribution in [3.63, 3.8) is 0 Å². The van der Waals surface area contributed by atoms with Crippen molar-refractivity contribution in [2.75, 3.05) is 0 Å². The maximum atomic E-state index is 4.18. The fourth-order valence-corrected chi connectivity index (χ4v) is 1.98. The van der Waals surface area contributed by atoms with E-state index < -0.39 is 0 Å². The third-order valence-corrected chi connectivity index (χ3v) is 1.81. The number of hydrogen-bond acceptors (Lipinski definition) is 0. The molecular formula is C7H16NS2+. The predicted octanol–water partition coefficient (Wildman–Crippen LogP) is 2.03. The van der Waals surface area contributed by atoms with E-state index in [9.17, 15) is 0 Å². The third kappa shape index (κ3) is 2.97. The van der Waals surface area contributed by atoms with E-state index in [1.165, 1.54) is 0 Å². The van der Waals surface area contributed by atoms with Crippen LogP contribution in [0, 0.1) is 0 Å². The first kappa shape index (κ1) is 10.4. The van der Waals surface area contributed by atoms with Crippen LogP contribution >= 0.6 is 25.3 Å². The van der Waals surface area contributed by atoms with E-state index in [0.717, 1.165) is 4.38 Å². The SMILES string of the molecule is CC(C)[N+](=C(S)S)C(C)C. The Morgan fingerprint density at radius 1 is 1.00 bits per heavy atom. The molecule has 0 atom stereocenters. The van der Waals surface area contributed by atoms with Crippen LogP contribution in [-0.2, 0) is 0 Å². The van der Waals surface area contributed by atoms with Gasteiger partial charge >= 0.3 is 0 Å². The molecule has 0 aromatic carbocycles. The van der Waals surface area contributed by atoms with Crippen LogP contribution < -0.4 is 0 Å². The van der Waals surface area contributed by atoms with Gasteiger partial charge in [-0.1, -0.05) is 25.3 Å². The summed E-state index contributed by atoms with van der Waals surface area (Å²) in [5.74, 6) is 0. The summed E-state index contributed by atoms with van der Waals surface area (Å²) < 4.78 is 2.94. The Labute approximate surface area is 74.3 Å². The van der Waals surface area contributed by atoms with Crippen molar-refractivity contribution in [1.29, 1.82) is 0 Å². The molecule has 10 heavy (non-hydrogen) atoms. The molecule has 60 valence electrons. The average molecular weight is 178 g/mol. The third-order valence-electron chi connectivity index (χ3n) is 1.34. The zero-order valence-electron chi connectivity index (χ0n) is 7.00. The van der Waals surface area contributed by atoms with Gasteiger partial charge in [-0.25, -0.2) is 4.58 Å². The molecule has 0 aliphatic carbocycles. The highest BCUT2D eigenvalue weighted by Crippen LogP contribution is 2.02. The zero-order valence-corrected chi connectivity index (χ0v) is 8.79. The van der Waals surface area contributed by atoms with Crippen LogP contribution in [0.4, 0.5) is 0 Å². The van der Waals surface area contributed by atoms with Crippen LogP contribution in [0.3, 0.4) is 0 Å². The molecule has 0 aromatic rings. The van der Waals surface area contributed by atoms with Crippen molar-refractivity contribution >= 4 is 29.6 Å². The van der Waals surface area contributed by atoms with E-state index in [1.54, 1.807) is 0 Å². The molecule has 0 bridgehead atoms. The van der Waals surface area contributed by atoms with Gasteiger partial charge in [0.15, 0.2) is 0 Å². The lowest BCUT2D eigenvalue weighted by molar-refractivity contribution is -0.582. The molecular weight excluding hydrogens is 162 g/mol. The van der Waals surface area contributed by atoms with Crippen LogP contribution in [0.15, 0.2) is 0 Å². The molecule has 0 saturated carbocycles. The highest BCUT2D eigenvalue weighted by Gasteiger charge is 2.16. The van der Waals surface area contributed by atoms with Gasteiger partial charge < -0.3 is 0 Å². The van der Waals surface area contributed by atoms with Gasteiger partial charge in [-0.3, -0.25) is 0 Å². The molecule has 0 rings (SSSR count). The lowest BCUT2D eigenvalue weighted by atomic mass is 10.3. The van der Waals surface area contributed by atoms with E-state index in [1.807, 2.05) is 0 Å². The Balaban J connectivity index is 4.44. The second-order valence-corrected chi connectivity index (χ2v) is 4.09. The molecule has 0 unspecified atom stereocenters. The summed E-state index contributed by atoms with van der Waals surface area (Å²) in [6.45, 7) is 8.53. The minimum atomic E-state index is 0.477. The van der Waals surface area contributed by atoms with Gasteiger partial charge in [0.2, 0.25) is 0 Å². The summed E-state index contributed by atoms with van der Waals surface area (Å²) in [5, 5.41) is 0. The van der Waals surface area contributed by atoms with Crippen LogP contribution in [0.1, 0.15) is 27.7 Å². The van der Waals surface area contributed by atoms with Crippen molar-refractivity contribution in [1.82, 2.24) is 0 Å². The molecule has 0 aliphatic heterocycles.